The molecule has 2 aromatic heterocycles. The molecule has 0 bridgehead atoms. The summed E-state index contributed by atoms with van der Waals surface area (Å²) in [5, 5.41) is 0.168. The molecule has 23 heavy (non-hydrogen) atoms. The number of nitrogens with two attached hydrogens (primary N) is 1. The van der Waals surface area contributed by atoms with Crippen LogP contribution < -0.4 is 16.2 Å². The maximum Gasteiger partial charge on any atom is 0.239 e. The van der Waals surface area contributed by atoms with E-state index in [1.54, 1.807) is 18.0 Å². The second-order valence-corrected chi connectivity index (χ2v) is 5.63. The first-order chi connectivity index (χ1) is 11.0. The van der Waals surface area contributed by atoms with Crippen LogP contribution in [0.2, 0.25) is 0 Å². The van der Waals surface area contributed by atoms with E-state index >= 15 is 0 Å². The van der Waals surface area contributed by atoms with Crippen LogP contribution in [0.5, 0.6) is 0 Å². The molecule has 0 unspecified atom stereocenters. The summed E-state index contributed by atoms with van der Waals surface area (Å²) < 4.78 is 28.4. The summed E-state index contributed by atoms with van der Waals surface area (Å²) in [4.78, 5) is 13.6. The minimum Gasteiger partial charge on any atom is -0.329 e. The normalized spacial score (nSPS) is 10.8. The molecule has 0 aliphatic carbocycles. The highest BCUT2D eigenvalue weighted by Gasteiger charge is 2.17. The largest absolute Gasteiger partial charge is 0.329 e. The van der Waals surface area contributed by atoms with E-state index < -0.39 is 11.6 Å². The van der Waals surface area contributed by atoms with Gasteiger partial charge in [-0.25, -0.2) is 19.6 Å². The Kier molecular flexibility index (Phi) is 4.05. The van der Waals surface area contributed by atoms with Gasteiger partial charge in [0.15, 0.2) is 5.82 Å². The van der Waals surface area contributed by atoms with Crippen molar-refractivity contribution in [3.63, 3.8) is 0 Å². The fraction of sp³-hybridized carbons (Fsp3) is 0.0714. The number of hydrogen-bond acceptors (Lipinski definition) is 6. The molecule has 0 aliphatic rings. The first-order valence-corrected chi connectivity index (χ1v) is 7.26. The predicted octanol–water partition coefficient (Wildman–Crippen LogP) is 3.12. The molecule has 0 amide bonds. The van der Waals surface area contributed by atoms with Crippen molar-refractivity contribution in [3.05, 3.63) is 46.7 Å². The Hall–Kier alpha value is -2.39. The molecule has 3 aromatic rings. The zero-order valence-electron chi connectivity index (χ0n) is 11.9. The Labute approximate surface area is 138 Å². The Morgan fingerprint density at radius 2 is 1.96 bits per heavy atom. The van der Waals surface area contributed by atoms with E-state index in [9.17, 15) is 8.78 Å². The van der Waals surface area contributed by atoms with E-state index in [1.807, 2.05) is 0 Å². The fourth-order valence-electron chi connectivity index (χ4n) is 2.19. The van der Waals surface area contributed by atoms with Gasteiger partial charge in [-0.05, 0) is 18.2 Å². The molecule has 0 atom stereocenters. The first-order valence-electron chi connectivity index (χ1n) is 6.47. The average molecular weight is 381 g/mol. The molecule has 0 fully saturated rings. The summed E-state index contributed by atoms with van der Waals surface area (Å²) in [5.41, 5.74) is 3.09. The van der Waals surface area contributed by atoms with Crippen molar-refractivity contribution in [1.29, 1.82) is 0 Å². The lowest BCUT2D eigenvalue weighted by Gasteiger charge is -2.21. The number of anilines is 3. The second kappa shape index (κ2) is 6.01. The van der Waals surface area contributed by atoms with Gasteiger partial charge < -0.3 is 4.90 Å². The third-order valence-corrected chi connectivity index (χ3v) is 3.68. The maximum absolute atomic E-state index is 14.2. The summed E-state index contributed by atoms with van der Waals surface area (Å²) in [6.45, 7) is 0. The van der Waals surface area contributed by atoms with E-state index in [-0.39, 0.29) is 22.7 Å². The second-order valence-electron chi connectivity index (χ2n) is 4.72. The van der Waals surface area contributed by atoms with Gasteiger partial charge in [0.1, 0.15) is 11.6 Å². The molecule has 0 saturated carbocycles. The summed E-state index contributed by atoms with van der Waals surface area (Å²) >= 11 is 3.23. The predicted molar refractivity (Wildman–Crippen MR) is 87.3 cm³/mol. The van der Waals surface area contributed by atoms with Crippen LogP contribution in [0.1, 0.15) is 0 Å². The van der Waals surface area contributed by atoms with Crippen LogP contribution in [-0.4, -0.2) is 22.0 Å². The van der Waals surface area contributed by atoms with Crippen molar-refractivity contribution >= 4 is 44.3 Å². The van der Waals surface area contributed by atoms with Crippen LogP contribution in [-0.2, 0) is 0 Å². The van der Waals surface area contributed by atoms with Crippen molar-refractivity contribution in [2.24, 2.45) is 5.84 Å². The Balaban J connectivity index is 2.25. The van der Waals surface area contributed by atoms with Gasteiger partial charge in [0, 0.05) is 17.2 Å². The van der Waals surface area contributed by atoms with E-state index in [0.29, 0.717) is 10.2 Å². The first kappa shape index (κ1) is 15.5. The number of rotatable bonds is 3. The summed E-state index contributed by atoms with van der Waals surface area (Å²) in [6, 6.07) is 4.33. The molecular weight excluding hydrogens is 370 g/mol. The van der Waals surface area contributed by atoms with Crippen LogP contribution in [0.15, 0.2) is 35.1 Å². The average Bonchev–Trinajstić information content (AvgIpc) is 2.52. The van der Waals surface area contributed by atoms with Crippen LogP contribution in [0, 0.1) is 11.6 Å². The number of nitrogens with zero attached hydrogens (tertiary/aromatic N) is 4. The molecule has 3 rings (SSSR count). The van der Waals surface area contributed by atoms with Crippen LogP contribution >= 0.6 is 15.9 Å². The molecule has 3 N–H and O–H groups in total. The number of nitrogen functional groups attached to an aromatic ring is 1. The topological polar surface area (TPSA) is 80.0 Å². The van der Waals surface area contributed by atoms with Crippen LogP contribution in [0.4, 0.5) is 26.2 Å². The van der Waals surface area contributed by atoms with Gasteiger partial charge in [0.2, 0.25) is 5.95 Å². The number of halogens is 3. The Bertz CT molecular complexity index is 868. The highest BCUT2D eigenvalue weighted by molar-refractivity contribution is 9.10. The van der Waals surface area contributed by atoms with Crippen molar-refractivity contribution < 1.29 is 8.78 Å². The number of pyridine rings is 1. The van der Waals surface area contributed by atoms with Crippen LogP contribution in [0.3, 0.4) is 0 Å². The van der Waals surface area contributed by atoms with Crippen molar-refractivity contribution in [2.45, 2.75) is 0 Å². The van der Waals surface area contributed by atoms with Crippen LogP contribution in [0.25, 0.3) is 10.9 Å². The Morgan fingerprint density at radius 3 is 2.65 bits per heavy atom. The third-order valence-electron chi connectivity index (χ3n) is 3.22. The van der Waals surface area contributed by atoms with Gasteiger partial charge in [-0.2, -0.15) is 4.98 Å². The number of hydrazine groups is 1. The number of aromatic nitrogens is 3. The van der Waals surface area contributed by atoms with Gasteiger partial charge in [-0.1, -0.05) is 15.9 Å². The molecule has 9 heteroatoms. The summed E-state index contributed by atoms with van der Waals surface area (Å²) in [5.74, 6) is 4.68. The molecule has 0 spiro atoms. The van der Waals surface area contributed by atoms with Crippen molar-refractivity contribution in [1.82, 2.24) is 15.0 Å². The standard InChI is InChI=1S/C14H11BrF2N6/c1-23(9-3-7(15)2-8(16)4-9)13-12-10(17)5-19-6-11(12)20-14(21-13)22-18/h2-6H,18H2,1H3,(H,20,21,22). The van der Waals surface area contributed by atoms with E-state index in [1.165, 1.54) is 18.3 Å². The molecule has 0 saturated heterocycles. The van der Waals surface area contributed by atoms with Crippen molar-refractivity contribution in [2.75, 3.05) is 17.4 Å². The molecular formula is C14H11BrF2N6. The highest BCUT2D eigenvalue weighted by Crippen LogP contribution is 2.32. The van der Waals surface area contributed by atoms with Gasteiger partial charge in [0.05, 0.1) is 23.3 Å². The lowest BCUT2D eigenvalue weighted by molar-refractivity contribution is 0.627. The molecule has 2 heterocycles. The zero-order chi connectivity index (χ0) is 16.6. The quantitative estimate of drug-likeness (QED) is 0.536. The fourth-order valence-corrected chi connectivity index (χ4v) is 2.64. The monoisotopic (exact) mass is 380 g/mol. The smallest absolute Gasteiger partial charge is 0.239 e. The van der Waals surface area contributed by atoms with Crippen molar-refractivity contribution in [3.8, 4) is 0 Å². The van der Waals surface area contributed by atoms with Gasteiger partial charge >= 0.3 is 0 Å². The molecule has 118 valence electrons. The lowest BCUT2D eigenvalue weighted by Crippen LogP contribution is -2.17. The molecule has 0 aliphatic heterocycles. The van der Waals surface area contributed by atoms with Gasteiger partial charge in [0.25, 0.3) is 0 Å². The number of fused-ring (bicyclic) bond motifs is 1. The molecule has 6 nitrogen and oxygen atoms in total. The minimum atomic E-state index is -0.580. The highest BCUT2D eigenvalue weighted by atomic mass is 79.9. The van der Waals surface area contributed by atoms with Gasteiger partial charge in [-0.15, -0.1) is 0 Å². The lowest BCUT2D eigenvalue weighted by atomic mass is 10.2. The zero-order valence-corrected chi connectivity index (χ0v) is 13.5. The van der Waals surface area contributed by atoms with E-state index in [0.717, 1.165) is 6.20 Å². The van der Waals surface area contributed by atoms with E-state index in [2.05, 4.69) is 36.3 Å². The summed E-state index contributed by atoms with van der Waals surface area (Å²) in [6.07, 6.45) is 2.47. The maximum atomic E-state index is 14.2. The number of hydrogen-bond donors (Lipinski definition) is 2. The van der Waals surface area contributed by atoms with E-state index in [4.69, 9.17) is 5.84 Å². The number of benzene rings is 1. The summed E-state index contributed by atoms with van der Waals surface area (Å²) in [7, 11) is 1.64. The minimum absolute atomic E-state index is 0.0993. The SMILES string of the molecule is CN(c1cc(F)cc(Br)c1)c1nc(NN)nc2cncc(F)c12. The van der Waals surface area contributed by atoms with Gasteiger partial charge in [-0.3, -0.25) is 10.4 Å². The third kappa shape index (κ3) is 2.92. The number of nitrogens with one attached hydrogen (secondary N) is 1. The molecule has 1 aromatic carbocycles. The molecule has 0 radical (unpaired) electrons. The Morgan fingerprint density at radius 1 is 1.17 bits per heavy atom.